The normalized spacial score (nSPS) is 22.2. The Hall–Kier alpha value is -1.55. The van der Waals surface area contributed by atoms with Crippen molar-refractivity contribution in [3.8, 4) is 0 Å². The van der Waals surface area contributed by atoms with Crippen molar-refractivity contribution in [3.05, 3.63) is 29.8 Å². The monoisotopic (exact) mass is 262 g/mol. The largest absolute Gasteiger partial charge is 0.385 e. The second-order valence-electron chi connectivity index (χ2n) is 5.16. The van der Waals surface area contributed by atoms with E-state index in [0.717, 1.165) is 31.7 Å². The van der Waals surface area contributed by atoms with Crippen molar-refractivity contribution >= 4 is 11.6 Å². The Morgan fingerprint density at radius 3 is 2.89 bits per heavy atom. The molecule has 1 unspecified atom stereocenters. The lowest BCUT2D eigenvalue weighted by Crippen LogP contribution is -2.40. The van der Waals surface area contributed by atoms with Crippen molar-refractivity contribution in [2.24, 2.45) is 0 Å². The Morgan fingerprint density at radius 2 is 2.21 bits per heavy atom. The maximum absolute atomic E-state index is 12.2. The van der Waals surface area contributed by atoms with E-state index in [-0.39, 0.29) is 11.5 Å². The molecule has 1 atom stereocenters. The van der Waals surface area contributed by atoms with Crippen molar-refractivity contribution < 1.29 is 9.53 Å². The van der Waals surface area contributed by atoms with Gasteiger partial charge in [0.2, 0.25) is 0 Å². The van der Waals surface area contributed by atoms with Gasteiger partial charge in [-0.3, -0.25) is 4.79 Å². The highest BCUT2D eigenvalue weighted by Gasteiger charge is 2.30. The van der Waals surface area contributed by atoms with Crippen LogP contribution in [0.2, 0.25) is 0 Å². The van der Waals surface area contributed by atoms with Crippen molar-refractivity contribution in [2.75, 3.05) is 25.0 Å². The third-order valence-corrected chi connectivity index (χ3v) is 3.46. The van der Waals surface area contributed by atoms with E-state index < -0.39 is 0 Å². The molecule has 1 heterocycles. The van der Waals surface area contributed by atoms with Crippen LogP contribution in [0.5, 0.6) is 0 Å². The molecule has 2 N–H and O–H groups in total. The number of nitrogens with one attached hydrogen (secondary N) is 2. The minimum Gasteiger partial charge on any atom is -0.385 e. The van der Waals surface area contributed by atoms with Gasteiger partial charge in [-0.05, 0) is 38.8 Å². The second-order valence-corrected chi connectivity index (χ2v) is 5.16. The van der Waals surface area contributed by atoms with Crippen LogP contribution in [0.15, 0.2) is 24.3 Å². The Balaban J connectivity index is 1.99. The first-order valence-corrected chi connectivity index (χ1v) is 6.90. The molecule has 104 valence electrons. The average Bonchev–Trinajstić information content (AvgIpc) is 2.85. The molecule has 1 fully saturated rings. The molecule has 0 saturated carbocycles. The molecular weight excluding hydrogens is 240 g/mol. The predicted molar refractivity (Wildman–Crippen MR) is 76.5 cm³/mol. The lowest BCUT2D eigenvalue weighted by molar-refractivity contribution is 0.0206. The van der Waals surface area contributed by atoms with Crippen molar-refractivity contribution in [1.29, 1.82) is 0 Å². The van der Waals surface area contributed by atoms with Crippen LogP contribution in [0.1, 0.15) is 37.0 Å². The van der Waals surface area contributed by atoms with Gasteiger partial charge in [-0.2, -0.15) is 0 Å². The SMILES string of the molecule is CCNc1ccccc1C(=O)NCC1(C)CCCO1. The number of para-hydroxylation sites is 1. The van der Waals surface area contributed by atoms with Crippen LogP contribution < -0.4 is 10.6 Å². The van der Waals surface area contributed by atoms with Gasteiger partial charge in [-0.1, -0.05) is 12.1 Å². The minimum absolute atomic E-state index is 0.0479. The fourth-order valence-electron chi connectivity index (χ4n) is 2.36. The number of benzene rings is 1. The molecule has 0 radical (unpaired) electrons. The van der Waals surface area contributed by atoms with Gasteiger partial charge in [-0.25, -0.2) is 0 Å². The van der Waals surface area contributed by atoms with Gasteiger partial charge < -0.3 is 15.4 Å². The predicted octanol–water partition coefficient (Wildman–Crippen LogP) is 2.42. The number of ether oxygens (including phenoxy) is 1. The van der Waals surface area contributed by atoms with Crippen LogP contribution in [-0.2, 0) is 4.74 Å². The molecule has 1 aromatic carbocycles. The Morgan fingerprint density at radius 1 is 1.42 bits per heavy atom. The first-order chi connectivity index (χ1) is 9.14. The summed E-state index contributed by atoms with van der Waals surface area (Å²) in [5.41, 5.74) is 1.36. The summed E-state index contributed by atoms with van der Waals surface area (Å²) in [5.74, 6) is -0.0479. The van der Waals surface area contributed by atoms with Crippen molar-refractivity contribution in [2.45, 2.75) is 32.3 Å². The first kappa shape index (κ1) is 13.9. The molecule has 1 aliphatic heterocycles. The summed E-state index contributed by atoms with van der Waals surface area (Å²) in [5, 5.41) is 6.18. The Kier molecular flexibility index (Phi) is 4.43. The van der Waals surface area contributed by atoms with Crippen LogP contribution in [0.4, 0.5) is 5.69 Å². The third kappa shape index (κ3) is 3.47. The van der Waals surface area contributed by atoms with Gasteiger partial charge in [0, 0.05) is 25.4 Å². The summed E-state index contributed by atoms with van der Waals surface area (Å²) < 4.78 is 5.67. The average molecular weight is 262 g/mol. The first-order valence-electron chi connectivity index (χ1n) is 6.90. The highest BCUT2D eigenvalue weighted by molar-refractivity contribution is 5.99. The Bertz CT molecular complexity index is 440. The molecule has 1 amide bonds. The van der Waals surface area contributed by atoms with Crippen molar-refractivity contribution in [1.82, 2.24) is 5.32 Å². The molecule has 0 bridgehead atoms. The van der Waals surface area contributed by atoms with Gasteiger partial charge in [0.1, 0.15) is 0 Å². The van der Waals surface area contributed by atoms with Crippen LogP contribution >= 0.6 is 0 Å². The summed E-state index contributed by atoms with van der Waals surface area (Å²) in [6, 6.07) is 7.57. The smallest absolute Gasteiger partial charge is 0.253 e. The van der Waals surface area contributed by atoms with E-state index in [1.807, 2.05) is 31.2 Å². The molecule has 4 heteroatoms. The molecule has 1 saturated heterocycles. The summed E-state index contributed by atoms with van der Waals surface area (Å²) in [4.78, 5) is 12.2. The van der Waals surface area contributed by atoms with Gasteiger partial charge in [0.25, 0.3) is 5.91 Å². The zero-order valence-electron chi connectivity index (χ0n) is 11.7. The molecule has 0 aromatic heterocycles. The number of anilines is 1. The molecule has 0 aliphatic carbocycles. The van der Waals surface area contributed by atoms with E-state index in [2.05, 4.69) is 17.6 Å². The fraction of sp³-hybridized carbons (Fsp3) is 0.533. The number of rotatable bonds is 5. The van der Waals surface area contributed by atoms with E-state index in [9.17, 15) is 4.79 Å². The maximum atomic E-state index is 12.2. The lowest BCUT2D eigenvalue weighted by atomic mass is 10.0. The molecular formula is C15H22N2O2. The number of amides is 1. The summed E-state index contributed by atoms with van der Waals surface area (Å²) >= 11 is 0. The molecule has 4 nitrogen and oxygen atoms in total. The number of carbonyl (C=O) groups is 1. The Labute approximate surface area is 114 Å². The number of hydrogen-bond donors (Lipinski definition) is 2. The maximum Gasteiger partial charge on any atom is 0.253 e. The van der Waals surface area contributed by atoms with E-state index in [1.54, 1.807) is 0 Å². The molecule has 1 aliphatic rings. The van der Waals surface area contributed by atoms with Crippen LogP contribution in [0.3, 0.4) is 0 Å². The van der Waals surface area contributed by atoms with E-state index in [1.165, 1.54) is 0 Å². The summed E-state index contributed by atoms with van der Waals surface area (Å²) in [6.07, 6.45) is 2.07. The third-order valence-electron chi connectivity index (χ3n) is 3.46. The van der Waals surface area contributed by atoms with Gasteiger partial charge in [0.15, 0.2) is 0 Å². The molecule has 19 heavy (non-hydrogen) atoms. The highest BCUT2D eigenvalue weighted by atomic mass is 16.5. The highest BCUT2D eigenvalue weighted by Crippen LogP contribution is 2.24. The number of carbonyl (C=O) groups excluding carboxylic acids is 1. The van der Waals surface area contributed by atoms with E-state index in [4.69, 9.17) is 4.74 Å². The van der Waals surface area contributed by atoms with Crippen LogP contribution in [0.25, 0.3) is 0 Å². The molecule has 1 aromatic rings. The minimum atomic E-state index is -0.206. The van der Waals surface area contributed by atoms with E-state index in [0.29, 0.717) is 12.1 Å². The zero-order valence-corrected chi connectivity index (χ0v) is 11.7. The topological polar surface area (TPSA) is 50.4 Å². The zero-order chi connectivity index (χ0) is 13.7. The van der Waals surface area contributed by atoms with Gasteiger partial charge in [0.05, 0.1) is 11.2 Å². The molecule has 0 spiro atoms. The lowest BCUT2D eigenvalue weighted by Gasteiger charge is -2.23. The van der Waals surface area contributed by atoms with Gasteiger partial charge >= 0.3 is 0 Å². The van der Waals surface area contributed by atoms with E-state index >= 15 is 0 Å². The van der Waals surface area contributed by atoms with Crippen LogP contribution in [0, 0.1) is 0 Å². The summed E-state index contributed by atoms with van der Waals surface area (Å²) in [7, 11) is 0. The van der Waals surface area contributed by atoms with Crippen LogP contribution in [-0.4, -0.2) is 31.2 Å². The van der Waals surface area contributed by atoms with Crippen molar-refractivity contribution in [3.63, 3.8) is 0 Å². The van der Waals surface area contributed by atoms with Gasteiger partial charge in [-0.15, -0.1) is 0 Å². The quantitative estimate of drug-likeness (QED) is 0.857. The number of hydrogen-bond acceptors (Lipinski definition) is 3. The second kappa shape index (κ2) is 6.06. The molecule has 2 rings (SSSR count). The standard InChI is InChI=1S/C15H22N2O2/c1-3-16-13-8-5-4-7-12(13)14(18)17-11-15(2)9-6-10-19-15/h4-5,7-8,16H,3,6,9-11H2,1-2H3,(H,17,18). The summed E-state index contributed by atoms with van der Waals surface area (Å²) in [6.45, 7) is 6.22. The fourth-order valence-corrected chi connectivity index (χ4v) is 2.36.